The smallest absolute Gasteiger partial charge is 0.325 e. The van der Waals surface area contributed by atoms with Crippen molar-refractivity contribution in [2.75, 3.05) is 18.5 Å². The SMILES string of the molecule is CCOC(=O)CNC(=O)Nc1cccc(C2OC(Cn3cnc4ccccc43)CC(c3ccc(CO)cc3)O2)c1. The van der Waals surface area contributed by atoms with Gasteiger partial charge in [-0.1, -0.05) is 48.5 Å². The molecule has 0 saturated carbocycles. The van der Waals surface area contributed by atoms with E-state index in [-0.39, 0.29) is 32.0 Å². The predicted molar refractivity (Wildman–Crippen MR) is 148 cm³/mol. The maximum atomic E-state index is 12.3. The van der Waals surface area contributed by atoms with Gasteiger partial charge in [0.15, 0.2) is 6.29 Å². The molecule has 1 fully saturated rings. The number of rotatable bonds is 9. The molecular weight excluding hydrogens is 512 g/mol. The summed E-state index contributed by atoms with van der Waals surface area (Å²) in [6, 6.07) is 22.4. The normalized spacial score (nSPS) is 18.8. The molecule has 0 aliphatic carbocycles. The molecule has 208 valence electrons. The van der Waals surface area contributed by atoms with E-state index in [9.17, 15) is 14.7 Å². The number of benzene rings is 3. The number of carbonyl (C=O) groups is 2. The number of amides is 2. The summed E-state index contributed by atoms with van der Waals surface area (Å²) in [5, 5.41) is 14.7. The Balaban J connectivity index is 1.34. The molecule has 0 spiro atoms. The number of carbonyl (C=O) groups excluding carboxylic acids is 2. The molecule has 3 unspecified atom stereocenters. The van der Waals surface area contributed by atoms with Gasteiger partial charge in [0, 0.05) is 17.7 Å². The number of hydrogen-bond acceptors (Lipinski definition) is 7. The second-order valence-electron chi connectivity index (χ2n) is 9.47. The number of anilines is 1. The Morgan fingerprint density at radius 1 is 1.05 bits per heavy atom. The van der Waals surface area contributed by atoms with E-state index in [4.69, 9.17) is 14.2 Å². The highest BCUT2D eigenvalue weighted by molar-refractivity contribution is 5.91. The molecule has 3 N–H and O–H groups in total. The molecule has 2 heterocycles. The first kappa shape index (κ1) is 27.3. The second-order valence-corrected chi connectivity index (χ2v) is 9.47. The van der Waals surface area contributed by atoms with E-state index in [1.54, 1.807) is 25.1 Å². The van der Waals surface area contributed by atoms with Crippen LogP contribution in [0.15, 0.2) is 79.1 Å². The summed E-state index contributed by atoms with van der Waals surface area (Å²) in [7, 11) is 0. The minimum absolute atomic E-state index is 0.0268. The average molecular weight is 545 g/mol. The van der Waals surface area contributed by atoms with Crippen LogP contribution in [-0.2, 0) is 32.2 Å². The molecule has 1 saturated heterocycles. The molecule has 1 aliphatic rings. The van der Waals surface area contributed by atoms with Gasteiger partial charge in [-0.05, 0) is 42.3 Å². The first-order chi connectivity index (χ1) is 19.5. The zero-order valence-electron chi connectivity index (χ0n) is 22.2. The Kier molecular flexibility index (Phi) is 8.70. The van der Waals surface area contributed by atoms with E-state index in [0.29, 0.717) is 18.7 Å². The Morgan fingerprint density at radius 3 is 2.67 bits per heavy atom. The highest BCUT2D eigenvalue weighted by atomic mass is 16.7. The molecule has 1 aromatic heterocycles. The molecule has 10 nitrogen and oxygen atoms in total. The van der Waals surface area contributed by atoms with Gasteiger partial charge in [-0.3, -0.25) is 4.79 Å². The average Bonchev–Trinajstić information content (AvgIpc) is 3.39. The van der Waals surface area contributed by atoms with Crippen LogP contribution in [0.2, 0.25) is 0 Å². The summed E-state index contributed by atoms with van der Waals surface area (Å²) < 4.78 is 19.8. The van der Waals surface area contributed by atoms with Crippen molar-refractivity contribution < 1.29 is 28.9 Å². The molecule has 40 heavy (non-hydrogen) atoms. The highest BCUT2D eigenvalue weighted by Crippen LogP contribution is 2.39. The van der Waals surface area contributed by atoms with Crippen LogP contribution in [0.3, 0.4) is 0 Å². The summed E-state index contributed by atoms with van der Waals surface area (Å²) in [6.45, 7) is 2.28. The quantitative estimate of drug-likeness (QED) is 0.266. The van der Waals surface area contributed by atoms with Crippen molar-refractivity contribution in [3.05, 3.63) is 95.8 Å². The topological polar surface area (TPSA) is 124 Å². The Morgan fingerprint density at radius 2 is 1.88 bits per heavy atom. The van der Waals surface area contributed by atoms with Crippen molar-refractivity contribution in [3.8, 4) is 0 Å². The number of para-hydroxylation sites is 2. The van der Waals surface area contributed by atoms with Crippen LogP contribution in [0, 0.1) is 0 Å². The number of esters is 1. The number of fused-ring (bicyclic) bond motifs is 1. The highest BCUT2D eigenvalue weighted by Gasteiger charge is 2.32. The second kappa shape index (κ2) is 12.7. The van der Waals surface area contributed by atoms with E-state index >= 15 is 0 Å². The number of aliphatic hydroxyl groups excluding tert-OH is 1. The van der Waals surface area contributed by atoms with E-state index in [1.165, 1.54) is 0 Å². The molecule has 0 bridgehead atoms. The van der Waals surface area contributed by atoms with E-state index in [0.717, 1.165) is 27.7 Å². The fraction of sp³-hybridized carbons (Fsp3) is 0.300. The summed E-state index contributed by atoms with van der Waals surface area (Å²) >= 11 is 0. The first-order valence-electron chi connectivity index (χ1n) is 13.2. The van der Waals surface area contributed by atoms with Crippen molar-refractivity contribution in [2.45, 2.75) is 45.0 Å². The Labute approximate surface area is 231 Å². The molecule has 5 rings (SSSR count). The monoisotopic (exact) mass is 544 g/mol. The van der Waals surface area contributed by atoms with Gasteiger partial charge in [-0.25, -0.2) is 9.78 Å². The summed E-state index contributed by atoms with van der Waals surface area (Å²) in [6.07, 6.45) is 1.30. The van der Waals surface area contributed by atoms with Gasteiger partial charge in [0.1, 0.15) is 6.54 Å². The van der Waals surface area contributed by atoms with Gasteiger partial charge in [0.05, 0.1) is 49.3 Å². The lowest BCUT2D eigenvalue weighted by Gasteiger charge is -2.36. The lowest BCUT2D eigenvalue weighted by molar-refractivity contribution is -0.252. The number of aromatic nitrogens is 2. The van der Waals surface area contributed by atoms with Crippen molar-refractivity contribution in [2.24, 2.45) is 0 Å². The van der Waals surface area contributed by atoms with Crippen molar-refractivity contribution in [1.29, 1.82) is 0 Å². The molecule has 3 aromatic carbocycles. The first-order valence-corrected chi connectivity index (χ1v) is 13.2. The summed E-state index contributed by atoms with van der Waals surface area (Å²) in [5.74, 6) is -0.509. The van der Waals surface area contributed by atoms with Crippen molar-refractivity contribution >= 4 is 28.7 Å². The summed E-state index contributed by atoms with van der Waals surface area (Å²) in [4.78, 5) is 28.4. The number of aliphatic hydroxyl groups is 1. The predicted octanol–water partition coefficient (Wildman–Crippen LogP) is 4.46. The lowest BCUT2D eigenvalue weighted by atomic mass is 10.00. The van der Waals surface area contributed by atoms with Crippen LogP contribution in [0.25, 0.3) is 11.0 Å². The number of ether oxygens (including phenoxy) is 3. The van der Waals surface area contributed by atoms with Crippen LogP contribution < -0.4 is 10.6 Å². The van der Waals surface area contributed by atoms with E-state index < -0.39 is 18.3 Å². The Bertz CT molecular complexity index is 1450. The van der Waals surface area contributed by atoms with Gasteiger partial charge >= 0.3 is 12.0 Å². The number of nitrogens with zero attached hydrogens (tertiary/aromatic N) is 2. The fourth-order valence-electron chi connectivity index (χ4n) is 4.71. The van der Waals surface area contributed by atoms with Gasteiger partial charge in [-0.2, -0.15) is 0 Å². The van der Waals surface area contributed by atoms with Gasteiger partial charge in [0.2, 0.25) is 0 Å². The minimum Gasteiger partial charge on any atom is -0.465 e. The molecule has 0 radical (unpaired) electrons. The number of nitrogens with one attached hydrogen (secondary N) is 2. The van der Waals surface area contributed by atoms with Crippen molar-refractivity contribution in [3.63, 3.8) is 0 Å². The maximum absolute atomic E-state index is 12.3. The molecule has 10 heteroatoms. The van der Waals surface area contributed by atoms with Gasteiger partial charge in [-0.15, -0.1) is 0 Å². The maximum Gasteiger partial charge on any atom is 0.325 e. The van der Waals surface area contributed by atoms with Gasteiger partial charge in [0.25, 0.3) is 0 Å². The van der Waals surface area contributed by atoms with Crippen LogP contribution in [0.4, 0.5) is 10.5 Å². The summed E-state index contributed by atoms with van der Waals surface area (Å²) in [5.41, 5.74) is 5.02. The molecular formula is C30H32N4O6. The van der Waals surface area contributed by atoms with Gasteiger partial charge < -0.3 is 34.5 Å². The standard InChI is InChI=1S/C30H32N4O6/c1-2-38-28(36)16-31-30(37)33-23-7-5-6-22(14-23)29-39-24(17-34-19-32-25-8-3-4-9-26(25)34)15-27(40-29)21-12-10-20(18-35)11-13-21/h3-14,19,24,27,29,35H,2,15-18H2,1H3,(H2,31,33,37). The molecule has 2 amide bonds. The zero-order chi connectivity index (χ0) is 27.9. The van der Waals surface area contributed by atoms with Crippen LogP contribution in [0.5, 0.6) is 0 Å². The van der Waals surface area contributed by atoms with Crippen LogP contribution in [-0.4, -0.2) is 45.9 Å². The minimum atomic E-state index is -0.694. The van der Waals surface area contributed by atoms with E-state index in [2.05, 4.69) is 20.2 Å². The van der Waals surface area contributed by atoms with Crippen LogP contribution >= 0.6 is 0 Å². The molecule has 3 atom stereocenters. The third-order valence-electron chi connectivity index (χ3n) is 6.66. The number of hydrogen-bond donors (Lipinski definition) is 3. The molecule has 1 aliphatic heterocycles. The van der Waals surface area contributed by atoms with Crippen LogP contribution in [0.1, 0.15) is 42.4 Å². The third-order valence-corrected chi connectivity index (χ3v) is 6.66. The largest absolute Gasteiger partial charge is 0.465 e. The number of urea groups is 1. The molecule has 4 aromatic rings. The Hall–Kier alpha value is -4.25. The number of imidazole rings is 1. The van der Waals surface area contributed by atoms with E-state index in [1.807, 2.05) is 60.9 Å². The third kappa shape index (κ3) is 6.66. The van der Waals surface area contributed by atoms with Crippen molar-refractivity contribution in [1.82, 2.24) is 14.9 Å². The zero-order valence-corrected chi connectivity index (χ0v) is 22.2. The fourth-order valence-corrected chi connectivity index (χ4v) is 4.71. The lowest BCUT2D eigenvalue weighted by Crippen LogP contribution is -2.34.